The molecule has 5 atom stereocenters. The Labute approximate surface area is 92.4 Å². The minimum atomic E-state index is -0.819. The number of hydrogen-bond acceptors (Lipinski definition) is 3. The Balaban J connectivity index is 1.96. The number of rotatable bonds is 1. The van der Waals surface area contributed by atoms with Crippen LogP contribution >= 0.6 is 0 Å². The van der Waals surface area contributed by atoms with Crippen LogP contribution in [0.2, 0.25) is 0 Å². The van der Waals surface area contributed by atoms with Gasteiger partial charge in [-0.05, 0) is 24.7 Å². The highest BCUT2D eigenvalue weighted by molar-refractivity contribution is 6.06. The number of carboxylic acid groups (broad SMARTS) is 1. The average molecular weight is 223 g/mol. The zero-order valence-corrected chi connectivity index (χ0v) is 8.92. The fourth-order valence-electron chi connectivity index (χ4n) is 3.89. The molecule has 2 aliphatic carbocycles. The number of imide groups is 1. The van der Waals surface area contributed by atoms with Crippen LogP contribution in [-0.2, 0) is 14.4 Å². The van der Waals surface area contributed by atoms with Crippen LogP contribution in [0.3, 0.4) is 0 Å². The SMILES string of the molecule is CN1C(=O)C2C3CC(C(=O)O)C(C3)C2C1=O. The summed E-state index contributed by atoms with van der Waals surface area (Å²) in [4.78, 5) is 35.9. The maximum atomic E-state index is 11.9. The molecule has 2 amide bonds. The Morgan fingerprint density at radius 1 is 1.25 bits per heavy atom. The molecule has 1 aliphatic heterocycles. The summed E-state index contributed by atoms with van der Waals surface area (Å²) in [6, 6.07) is 0. The number of likely N-dealkylation sites (tertiary alicyclic amines) is 1. The molecule has 0 radical (unpaired) electrons. The highest BCUT2D eigenvalue weighted by atomic mass is 16.4. The van der Waals surface area contributed by atoms with Crippen LogP contribution < -0.4 is 0 Å². The number of nitrogens with zero attached hydrogens (tertiary/aromatic N) is 1. The normalized spacial score (nSPS) is 45.3. The Hall–Kier alpha value is -1.39. The first kappa shape index (κ1) is 9.81. The predicted molar refractivity (Wildman–Crippen MR) is 52.1 cm³/mol. The highest BCUT2D eigenvalue weighted by Crippen LogP contribution is 2.58. The number of aliphatic carboxylic acids is 1. The predicted octanol–water partition coefficient (Wildman–Crippen LogP) is -0.0420. The number of amides is 2. The molecule has 2 bridgehead atoms. The Kier molecular flexibility index (Phi) is 1.74. The third kappa shape index (κ3) is 0.936. The summed E-state index contributed by atoms with van der Waals surface area (Å²) in [5, 5.41) is 9.06. The van der Waals surface area contributed by atoms with Crippen molar-refractivity contribution in [2.45, 2.75) is 12.8 Å². The number of fused-ring (bicyclic) bond motifs is 5. The van der Waals surface area contributed by atoms with E-state index < -0.39 is 11.9 Å². The van der Waals surface area contributed by atoms with Gasteiger partial charge in [0, 0.05) is 7.05 Å². The van der Waals surface area contributed by atoms with Crippen LogP contribution in [0.4, 0.5) is 0 Å². The molecule has 16 heavy (non-hydrogen) atoms. The summed E-state index contributed by atoms with van der Waals surface area (Å²) in [6.45, 7) is 0. The van der Waals surface area contributed by atoms with E-state index in [2.05, 4.69) is 0 Å². The standard InChI is InChI=1S/C11H13NO4/c1-12-9(13)7-4-2-5(8(7)10(12)14)6(3-4)11(15)16/h4-8H,2-3H2,1H3,(H,15,16). The van der Waals surface area contributed by atoms with E-state index in [9.17, 15) is 14.4 Å². The summed E-state index contributed by atoms with van der Waals surface area (Å²) >= 11 is 0. The molecule has 0 aromatic heterocycles. The second-order valence-corrected chi connectivity index (χ2v) is 5.13. The fourth-order valence-corrected chi connectivity index (χ4v) is 3.89. The summed E-state index contributed by atoms with van der Waals surface area (Å²) in [5.74, 6) is -2.10. The molecule has 1 N–H and O–H groups in total. The van der Waals surface area contributed by atoms with Gasteiger partial charge in [-0.15, -0.1) is 0 Å². The molecule has 86 valence electrons. The zero-order valence-electron chi connectivity index (χ0n) is 8.92. The maximum absolute atomic E-state index is 11.9. The molecule has 1 saturated heterocycles. The van der Waals surface area contributed by atoms with Crippen molar-refractivity contribution in [1.82, 2.24) is 4.90 Å². The number of carbonyl (C=O) groups is 3. The van der Waals surface area contributed by atoms with Crippen LogP contribution in [-0.4, -0.2) is 34.8 Å². The molecule has 3 fully saturated rings. The summed E-state index contributed by atoms with van der Waals surface area (Å²) in [6.07, 6.45) is 1.30. The minimum absolute atomic E-state index is 0.105. The van der Waals surface area contributed by atoms with Crippen molar-refractivity contribution < 1.29 is 19.5 Å². The quantitative estimate of drug-likeness (QED) is 0.633. The van der Waals surface area contributed by atoms with Crippen molar-refractivity contribution in [3.8, 4) is 0 Å². The summed E-state index contributed by atoms with van der Waals surface area (Å²) in [7, 11) is 1.50. The largest absolute Gasteiger partial charge is 0.481 e. The van der Waals surface area contributed by atoms with E-state index in [1.165, 1.54) is 11.9 Å². The van der Waals surface area contributed by atoms with Crippen LogP contribution in [0.1, 0.15) is 12.8 Å². The van der Waals surface area contributed by atoms with Crippen molar-refractivity contribution in [2.24, 2.45) is 29.6 Å². The van der Waals surface area contributed by atoms with Gasteiger partial charge in [0.05, 0.1) is 17.8 Å². The van der Waals surface area contributed by atoms with Crippen LogP contribution in [0, 0.1) is 29.6 Å². The first-order valence-electron chi connectivity index (χ1n) is 5.56. The molecule has 3 aliphatic rings. The molecule has 0 aromatic carbocycles. The van der Waals surface area contributed by atoms with Crippen molar-refractivity contribution in [1.29, 1.82) is 0 Å². The van der Waals surface area contributed by atoms with Gasteiger partial charge in [0.2, 0.25) is 11.8 Å². The Morgan fingerprint density at radius 2 is 1.88 bits per heavy atom. The third-order valence-electron chi connectivity index (χ3n) is 4.55. The van der Waals surface area contributed by atoms with Crippen molar-refractivity contribution in [3.63, 3.8) is 0 Å². The molecule has 5 unspecified atom stereocenters. The smallest absolute Gasteiger partial charge is 0.306 e. The lowest BCUT2D eigenvalue weighted by Crippen LogP contribution is -2.34. The van der Waals surface area contributed by atoms with Gasteiger partial charge in [-0.3, -0.25) is 19.3 Å². The van der Waals surface area contributed by atoms with Gasteiger partial charge < -0.3 is 5.11 Å². The monoisotopic (exact) mass is 223 g/mol. The third-order valence-corrected chi connectivity index (χ3v) is 4.55. The number of hydrogen-bond donors (Lipinski definition) is 1. The van der Waals surface area contributed by atoms with E-state index >= 15 is 0 Å². The Bertz CT molecular complexity index is 405. The topological polar surface area (TPSA) is 74.7 Å². The number of carbonyl (C=O) groups excluding carboxylic acids is 2. The van der Waals surface area contributed by atoms with E-state index in [1.807, 2.05) is 0 Å². The van der Waals surface area contributed by atoms with Gasteiger partial charge in [-0.25, -0.2) is 0 Å². The van der Waals surface area contributed by atoms with Crippen LogP contribution in [0.5, 0.6) is 0 Å². The van der Waals surface area contributed by atoms with E-state index in [-0.39, 0.29) is 35.5 Å². The van der Waals surface area contributed by atoms with Crippen LogP contribution in [0.15, 0.2) is 0 Å². The van der Waals surface area contributed by atoms with Gasteiger partial charge in [-0.2, -0.15) is 0 Å². The second kappa shape index (κ2) is 2.84. The van der Waals surface area contributed by atoms with Gasteiger partial charge in [0.1, 0.15) is 0 Å². The van der Waals surface area contributed by atoms with E-state index in [0.717, 1.165) is 6.42 Å². The van der Waals surface area contributed by atoms with Crippen molar-refractivity contribution >= 4 is 17.8 Å². The van der Waals surface area contributed by atoms with E-state index in [0.29, 0.717) is 6.42 Å². The highest BCUT2D eigenvalue weighted by Gasteiger charge is 2.64. The summed E-state index contributed by atoms with van der Waals surface area (Å²) < 4.78 is 0. The lowest BCUT2D eigenvalue weighted by Gasteiger charge is -2.25. The molecule has 0 spiro atoms. The van der Waals surface area contributed by atoms with E-state index in [1.54, 1.807) is 0 Å². The molecule has 1 heterocycles. The van der Waals surface area contributed by atoms with Gasteiger partial charge in [0.25, 0.3) is 0 Å². The molecule has 5 heteroatoms. The minimum Gasteiger partial charge on any atom is -0.481 e. The van der Waals surface area contributed by atoms with Gasteiger partial charge >= 0.3 is 5.97 Å². The second-order valence-electron chi connectivity index (χ2n) is 5.13. The fraction of sp³-hybridized carbons (Fsp3) is 0.727. The molecular formula is C11H13NO4. The average Bonchev–Trinajstić information content (AvgIpc) is 2.86. The molecule has 3 rings (SSSR count). The van der Waals surface area contributed by atoms with Crippen molar-refractivity contribution in [3.05, 3.63) is 0 Å². The zero-order chi connectivity index (χ0) is 11.6. The molecule has 0 aromatic rings. The van der Waals surface area contributed by atoms with Crippen molar-refractivity contribution in [2.75, 3.05) is 7.05 Å². The number of carboxylic acids is 1. The maximum Gasteiger partial charge on any atom is 0.306 e. The lowest BCUT2D eigenvalue weighted by atomic mass is 9.75. The van der Waals surface area contributed by atoms with E-state index in [4.69, 9.17) is 5.11 Å². The molecule has 2 saturated carbocycles. The lowest BCUT2D eigenvalue weighted by molar-refractivity contribution is -0.145. The molecular weight excluding hydrogens is 210 g/mol. The van der Waals surface area contributed by atoms with Crippen LogP contribution in [0.25, 0.3) is 0 Å². The first-order valence-corrected chi connectivity index (χ1v) is 5.56. The summed E-state index contributed by atoms with van der Waals surface area (Å²) in [5.41, 5.74) is 0. The Morgan fingerprint density at radius 3 is 2.50 bits per heavy atom. The first-order chi connectivity index (χ1) is 7.52. The van der Waals surface area contributed by atoms with Gasteiger partial charge in [0.15, 0.2) is 0 Å². The van der Waals surface area contributed by atoms with Gasteiger partial charge in [-0.1, -0.05) is 0 Å². The molecule has 5 nitrogen and oxygen atoms in total.